The smallest absolute Gasteiger partial charge is 0.224 e. The normalized spacial score (nSPS) is 9.50. The third-order valence-corrected chi connectivity index (χ3v) is 1.26. The molecule has 0 saturated heterocycles. The van der Waals surface area contributed by atoms with Gasteiger partial charge in [0.2, 0.25) is 5.95 Å². The Labute approximate surface area is 65.5 Å². The zero-order valence-corrected chi connectivity index (χ0v) is 6.84. The Morgan fingerprint density at radius 2 is 1.80 bits per heavy atom. The molecule has 1 rings (SSSR count). The molecule has 0 atom stereocenters. The van der Waals surface area contributed by atoms with Crippen LogP contribution < -0.4 is 4.90 Å². The minimum atomic E-state index is 0.706. The van der Waals surface area contributed by atoms with E-state index in [1.54, 1.807) is 12.4 Å². The maximum atomic E-state index is 4.06. The van der Waals surface area contributed by atoms with Crippen molar-refractivity contribution in [3.8, 4) is 0 Å². The van der Waals surface area contributed by atoms with Gasteiger partial charge in [0.25, 0.3) is 0 Å². The van der Waals surface area contributed by atoms with Crippen molar-refractivity contribution < 1.29 is 0 Å². The summed E-state index contributed by atoms with van der Waals surface area (Å²) in [6.07, 6.45) is 3.34. The second kappa shape index (κ2) is 2.88. The summed E-state index contributed by atoms with van der Waals surface area (Å²) in [4.78, 5) is 10.7. The van der Waals surface area contributed by atoms with Crippen LogP contribution in [0.15, 0.2) is 17.3 Å². The number of hydrogen-bond donors (Lipinski definition) is 1. The summed E-state index contributed by atoms with van der Waals surface area (Å²) in [5.74, 6) is 0.706. The lowest BCUT2D eigenvalue weighted by Crippen LogP contribution is -2.11. The number of rotatable bonds is 1. The summed E-state index contributed by atoms with van der Waals surface area (Å²) in [6, 6.07) is 0. The van der Waals surface area contributed by atoms with E-state index in [0.29, 0.717) is 5.95 Å². The average molecular weight is 155 g/mol. The number of thiol groups is 1. The van der Waals surface area contributed by atoms with Crippen LogP contribution in [0.1, 0.15) is 0 Å². The Morgan fingerprint density at radius 1 is 1.30 bits per heavy atom. The molecular formula is C6H9N3S. The van der Waals surface area contributed by atoms with Crippen molar-refractivity contribution >= 4 is 18.6 Å². The predicted molar refractivity (Wildman–Crippen MR) is 43.6 cm³/mol. The zero-order chi connectivity index (χ0) is 7.56. The van der Waals surface area contributed by atoms with Gasteiger partial charge in [-0.1, -0.05) is 0 Å². The van der Waals surface area contributed by atoms with Crippen LogP contribution >= 0.6 is 12.6 Å². The average Bonchev–Trinajstić information content (AvgIpc) is 1.88. The molecule has 3 nitrogen and oxygen atoms in total. The van der Waals surface area contributed by atoms with Crippen molar-refractivity contribution in [3.63, 3.8) is 0 Å². The molecule has 0 fully saturated rings. The molecule has 1 aromatic heterocycles. The van der Waals surface area contributed by atoms with Gasteiger partial charge in [-0.2, -0.15) is 0 Å². The van der Waals surface area contributed by atoms with Crippen LogP contribution in [0.2, 0.25) is 0 Å². The second-order valence-electron chi connectivity index (χ2n) is 2.14. The van der Waals surface area contributed by atoms with Crippen LogP contribution in [0.5, 0.6) is 0 Å². The van der Waals surface area contributed by atoms with E-state index in [1.165, 1.54) is 0 Å². The SMILES string of the molecule is CN(C)c1ncc(S)cn1. The van der Waals surface area contributed by atoms with E-state index in [2.05, 4.69) is 22.6 Å². The third-order valence-electron chi connectivity index (χ3n) is 1.02. The number of hydrogen-bond acceptors (Lipinski definition) is 4. The lowest BCUT2D eigenvalue weighted by molar-refractivity contribution is 0.977. The van der Waals surface area contributed by atoms with E-state index >= 15 is 0 Å². The first-order valence-electron chi connectivity index (χ1n) is 2.88. The quantitative estimate of drug-likeness (QED) is 0.609. The van der Waals surface area contributed by atoms with Gasteiger partial charge in [-0.25, -0.2) is 9.97 Å². The highest BCUT2D eigenvalue weighted by Crippen LogP contribution is 2.04. The van der Waals surface area contributed by atoms with Gasteiger partial charge < -0.3 is 4.90 Å². The molecule has 54 valence electrons. The Balaban J connectivity index is 2.89. The van der Waals surface area contributed by atoms with Crippen LogP contribution in [-0.2, 0) is 0 Å². The Hall–Kier alpha value is -0.770. The predicted octanol–water partition coefficient (Wildman–Crippen LogP) is 0.831. The summed E-state index contributed by atoms with van der Waals surface area (Å²) in [5.41, 5.74) is 0. The van der Waals surface area contributed by atoms with Crippen LogP contribution in [-0.4, -0.2) is 24.1 Å². The summed E-state index contributed by atoms with van der Waals surface area (Å²) in [6.45, 7) is 0. The van der Waals surface area contributed by atoms with Crippen LogP contribution in [0.4, 0.5) is 5.95 Å². The van der Waals surface area contributed by atoms with Crippen molar-refractivity contribution in [3.05, 3.63) is 12.4 Å². The van der Waals surface area contributed by atoms with Gasteiger partial charge in [-0.15, -0.1) is 12.6 Å². The van der Waals surface area contributed by atoms with Crippen molar-refractivity contribution in [2.45, 2.75) is 4.90 Å². The molecule has 0 aliphatic carbocycles. The van der Waals surface area contributed by atoms with Gasteiger partial charge in [0, 0.05) is 31.4 Å². The highest BCUT2D eigenvalue weighted by atomic mass is 32.1. The highest BCUT2D eigenvalue weighted by Gasteiger charge is 1.94. The van der Waals surface area contributed by atoms with Crippen molar-refractivity contribution in [2.75, 3.05) is 19.0 Å². The van der Waals surface area contributed by atoms with E-state index in [4.69, 9.17) is 0 Å². The molecule has 0 N–H and O–H groups in total. The molecular weight excluding hydrogens is 146 g/mol. The molecule has 1 heterocycles. The standard InChI is InChI=1S/C6H9N3S/c1-9(2)6-7-3-5(10)4-8-6/h3-4,10H,1-2H3. The maximum absolute atomic E-state index is 4.06. The minimum Gasteiger partial charge on any atom is -0.347 e. The monoisotopic (exact) mass is 155 g/mol. The molecule has 0 radical (unpaired) electrons. The van der Waals surface area contributed by atoms with Crippen LogP contribution in [0.25, 0.3) is 0 Å². The van der Waals surface area contributed by atoms with Crippen molar-refractivity contribution in [1.29, 1.82) is 0 Å². The first kappa shape index (κ1) is 7.34. The van der Waals surface area contributed by atoms with Gasteiger partial charge in [0.1, 0.15) is 0 Å². The largest absolute Gasteiger partial charge is 0.347 e. The van der Waals surface area contributed by atoms with Gasteiger partial charge in [-0.3, -0.25) is 0 Å². The number of anilines is 1. The van der Waals surface area contributed by atoms with E-state index in [9.17, 15) is 0 Å². The van der Waals surface area contributed by atoms with E-state index in [0.717, 1.165) is 4.90 Å². The van der Waals surface area contributed by atoms with Crippen LogP contribution in [0, 0.1) is 0 Å². The molecule has 0 aliphatic rings. The molecule has 0 bridgehead atoms. The zero-order valence-electron chi connectivity index (χ0n) is 5.94. The maximum Gasteiger partial charge on any atom is 0.224 e. The summed E-state index contributed by atoms with van der Waals surface area (Å²) in [5, 5.41) is 0. The van der Waals surface area contributed by atoms with Crippen molar-refractivity contribution in [1.82, 2.24) is 9.97 Å². The fourth-order valence-corrected chi connectivity index (χ4v) is 0.661. The molecule has 4 heteroatoms. The summed E-state index contributed by atoms with van der Waals surface area (Å²) >= 11 is 4.06. The Bertz CT molecular complexity index is 207. The topological polar surface area (TPSA) is 29.0 Å². The lowest BCUT2D eigenvalue weighted by Gasteiger charge is -2.07. The van der Waals surface area contributed by atoms with E-state index in [1.807, 2.05) is 19.0 Å². The molecule has 0 aromatic carbocycles. The summed E-state index contributed by atoms with van der Waals surface area (Å²) < 4.78 is 0. The first-order chi connectivity index (χ1) is 4.70. The summed E-state index contributed by atoms with van der Waals surface area (Å²) in [7, 11) is 3.79. The van der Waals surface area contributed by atoms with E-state index in [-0.39, 0.29) is 0 Å². The van der Waals surface area contributed by atoms with Crippen molar-refractivity contribution in [2.24, 2.45) is 0 Å². The van der Waals surface area contributed by atoms with Gasteiger partial charge >= 0.3 is 0 Å². The second-order valence-corrected chi connectivity index (χ2v) is 2.65. The molecule has 0 aliphatic heterocycles. The molecule has 0 saturated carbocycles. The Kier molecular flexibility index (Phi) is 2.11. The lowest BCUT2D eigenvalue weighted by atomic mass is 10.6. The van der Waals surface area contributed by atoms with Crippen LogP contribution in [0.3, 0.4) is 0 Å². The van der Waals surface area contributed by atoms with Gasteiger partial charge in [-0.05, 0) is 0 Å². The number of nitrogens with zero attached hydrogens (tertiary/aromatic N) is 3. The number of aromatic nitrogens is 2. The fourth-order valence-electron chi connectivity index (χ4n) is 0.545. The van der Waals surface area contributed by atoms with Gasteiger partial charge in [0.05, 0.1) is 0 Å². The minimum absolute atomic E-state index is 0.706. The van der Waals surface area contributed by atoms with Gasteiger partial charge in [0.15, 0.2) is 0 Å². The molecule has 0 unspecified atom stereocenters. The fraction of sp³-hybridized carbons (Fsp3) is 0.333. The molecule has 0 spiro atoms. The highest BCUT2D eigenvalue weighted by molar-refractivity contribution is 7.80. The third kappa shape index (κ3) is 1.60. The molecule has 1 aromatic rings. The Morgan fingerprint density at radius 3 is 2.20 bits per heavy atom. The first-order valence-corrected chi connectivity index (χ1v) is 3.33. The molecule has 10 heavy (non-hydrogen) atoms. The van der Waals surface area contributed by atoms with E-state index < -0.39 is 0 Å². The molecule has 0 amide bonds.